The minimum atomic E-state index is -5.08. The third-order valence-electron chi connectivity index (χ3n) is 5.02. The summed E-state index contributed by atoms with van der Waals surface area (Å²) in [5.74, 6) is -3.75. The number of phenols is 1. The Kier molecular flexibility index (Phi) is 7.29. The molecule has 0 heterocycles. The lowest BCUT2D eigenvalue weighted by molar-refractivity contribution is -0.137. The van der Waals surface area contributed by atoms with E-state index >= 15 is 0 Å². The Balaban J connectivity index is 2.40. The average Bonchev–Trinajstić information content (AvgIpc) is 2.82. The molecule has 0 aliphatic carbocycles. The summed E-state index contributed by atoms with van der Waals surface area (Å²) >= 11 is 0. The van der Waals surface area contributed by atoms with Gasteiger partial charge < -0.3 is 10.2 Å². The maximum Gasteiger partial charge on any atom is 0.418 e. The first-order valence-electron chi connectivity index (χ1n) is 10.1. The molecule has 1 amide bonds. The Hall–Kier alpha value is -4.79. The monoisotopic (exact) mass is 520 g/mol. The van der Waals surface area contributed by atoms with Crippen LogP contribution in [0, 0.1) is 11.3 Å². The van der Waals surface area contributed by atoms with Gasteiger partial charge >= 0.3 is 18.3 Å². The predicted octanol–water partition coefficient (Wildman–Crippen LogP) is 6.40. The lowest BCUT2D eigenvalue weighted by Crippen LogP contribution is -2.30. The maximum atomic E-state index is 13.9. The highest BCUT2D eigenvalue weighted by atomic mass is 19.4. The molecule has 0 spiro atoms. The van der Waals surface area contributed by atoms with E-state index < -0.39 is 63.6 Å². The number of halogens is 6. The van der Waals surface area contributed by atoms with E-state index in [1.54, 1.807) is 0 Å². The van der Waals surface area contributed by atoms with Gasteiger partial charge in [-0.1, -0.05) is 30.3 Å². The van der Waals surface area contributed by atoms with Crippen LogP contribution >= 0.6 is 0 Å². The number of aliphatic carboxylic acids is 1. The first kappa shape index (κ1) is 26.8. The molecule has 0 saturated heterocycles. The number of carbonyl (C=O) groups is 2. The lowest BCUT2D eigenvalue weighted by Gasteiger charge is -2.29. The number of carboxylic acids is 1. The molecule has 37 heavy (non-hydrogen) atoms. The summed E-state index contributed by atoms with van der Waals surface area (Å²) in [6, 6.07) is 11.0. The van der Waals surface area contributed by atoms with Crippen molar-refractivity contribution in [2.75, 3.05) is 4.90 Å². The number of amides is 1. The molecular formula is C25H14F6N2O4. The molecule has 0 aliphatic rings. The van der Waals surface area contributed by atoms with E-state index in [1.165, 1.54) is 6.07 Å². The standard InChI is InChI=1S/C25H14F6N2O4/c26-24(27,28)18-5-1-3-7-20(18)33(21-8-4-2-6-19(21)25(29,30)31)22(35)17-12-16(34)10-9-14(17)11-15(13-32)23(36)37/h1-12,34H,(H,36,37). The summed E-state index contributed by atoms with van der Waals surface area (Å²) in [6.07, 6.45) is -9.46. The summed E-state index contributed by atoms with van der Waals surface area (Å²) in [7, 11) is 0. The van der Waals surface area contributed by atoms with Crippen LogP contribution in [0.3, 0.4) is 0 Å². The fourth-order valence-electron chi connectivity index (χ4n) is 3.44. The summed E-state index contributed by atoms with van der Waals surface area (Å²) in [6.45, 7) is 0. The van der Waals surface area contributed by atoms with Gasteiger partial charge in [0.05, 0.1) is 28.1 Å². The molecule has 12 heteroatoms. The van der Waals surface area contributed by atoms with Gasteiger partial charge in [-0.2, -0.15) is 31.6 Å². The highest BCUT2D eigenvalue weighted by Gasteiger charge is 2.40. The van der Waals surface area contributed by atoms with Crippen LogP contribution in [0.25, 0.3) is 6.08 Å². The zero-order chi connectivity index (χ0) is 27.5. The van der Waals surface area contributed by atoms with Crippen LogP contribution in [0.1, 0.15) is 27.0 Å². The topological polar surface area (TPSA) is 102 Å². The predicted molar refractivity (Wildman–Crippen MR) is 119 cm³/mol. The minimum Gasteiger partial charge on any atom is -0.508 e. The number of benzene rings is 3. The van der Waals surface area contributed by atoms with Crippen molar-refractivity contribution in [1.29, 1.82) is 5.26 Å². The molecule has 0 saturated carbocycles. The van der Waals surface area contributed by atoms with Gasteiger partial charge in [0, 0.05) is 0 Å². The largest absolute Gasteiger partial charge is 0.508 e. The molecule has 0 unspecified atom stereocenters. The molecule has 0 aromatic heterocycles. The number of hydrogen-bond acceptors (Lipinski definition) is 4. The Morgan fingerprint density at radius 2 is 1.32 bits per heavy atom. The van der Waals surface area contributed by atoms with Crippen molar-refractivity contribution in [3.05, 3.63) is 94.6 Å². The van der Waals surface area contributed by atoms with Gasteiger partial charge in [-0.25, -0.2) is 4.79 Å². The first-order chi connectivity index (χ1) is 17.3. The van der Waals surface area contributed by atoms with Gasteiger partial charge in [0.25, 0.3) is 5.91 Å². The lowest BCUT2D eigenvalue weighted by atomic mass is 10.0. The Labute approximate surface area is 204 Å². The molecule has 3 rings (SSSR count). The van der Waals surface area contributed by atoms with E-state index in [9.17, 15) is 41.0 Å². The Bertz CT molecular complexity index is 1380. The molecule has 6 nitrogen and oxygen atoms in total. The summed E-state index contributed by atoms with van der Waals surface area (Å²) in [5.41, 5.74) is -6.65. The van der Waals surface area contributed by atoms with Crippen molar-refractivity contribution in [3.8, 4) is 11.8 Å². The number of carbonyl (C=O) groups excluding carboxylic acids is 1. The first-order valence-corrected chi connectivity index (χ1v) is 10.1. The second-order valence-electron chi connectivity index (χ2n) is 7.42. The molecule has 2 N–H and O–H groups in total. The fraction of sp³-hybridized carbons (Fsp3) is 0.0800. The van der Waals surface area contributed by atoms with Gasteiger partial charge in [-0.05, 0) is 48.0 Å². The Morgan fingerprint density at radius 1 is 0.838 bits per heavy atom. The van der Waals surface area contributed by atoms with E-state index in [1.807, 2.05) is 0 Å². The van der Waals surface area contributed by atoms with Crippen molar-refractivity contribution < 1.29 is 46.1 Å². The minimum absolute atomic E-state index is 0.185. The molecule has 3 aromatic rings. The zero-order valence-corrected chi connectivity index (χ0v) is 18.3. The van der Waals surface area contributed by atoms with Crippen LogP contribution in [0.2, 0.25) is 0 Å². The summed E-state index contributed by atoms with van der Waals surface area (Å²) < 4.78 is 83.2. The number of carboxylic acid groups (broad SMARTS) is 1. The van der Waals surface area contributed by atoms with E-state index in [0.29, 0.717) is 18.2 Å². The summed E-state index contributed by atoms with van der Waals surface area (Å²) in [5, 5.41) is 28.2. The van der Waals surface area contributed by atoms with E-state index in [4.69, 9.17) is 10.4 Å². The van der Waals surface area contributed by atoms with Crippen LogP contribution in [-0.2, 0) is 17.1 Å². The van der Waals surface area contributed by atoms with Crippen molar-refractivity contribution in [2.45, 2.75) is 12.4 Å². The van der Waals surface area contributed by atoms with Crippen molar-refractivity contribution in [3.63, 3.8) is 0 Å². The van der Waals surface area contributed by atoms with Gasteiger partial charge in [-0.15, -0.1) is 0 Å². The second kappa shape index (κ2) is 10.1. The highest BCUT2D eigenvalue weighted by molar-refractivity contribution is 6.14. The number of alkyl halides is 6. The van der Waals surface area contributed by atoms with Crippen molar-refractivity contribution in [2.24, 2.45) is 0 Å². The smallest absolute Gasteiger partial charge is 0.418 e. The van der Waals surface area contributed by atoms with Crippen LogP contribution < -0.4 is 4.90 Å². The van der Waals surface area contributed by atoms with E-state index in [2.05, 4.69) is 0 Å². The number of para-hydroxylation sites is 2. The van der Waals surface area contributed by atoms with Crippen molar-refractivity contribution in [1.82, 2.24) is 0 Å². The number of rotatable bonds is 5. The second-order valence-corrected chi connectivity index (χ2v) is 7.42. The maximum absolute atomic E-state index is 13.9. The summed E-state index contributed by atoms with van der Waals surface area (Å²) in [4.78, 5) is 25.2. The fourth-order valence-corrected chi connectivity index (χ4v) is 3.44. The van der Waals surface area contributed by atoms with Crippen LogP contribution in [-0.4, -0.2) is 22.1 Å². The molecule has 190 valence electrons. The van der Waals surface area contributed by atoms with Crippen molar-refractivity contribution >= 4 is 29.3 Å². The van der Waals surface area contributed by atoms with Gasteiger partial charge in [0.1, 0.15) is 17.4 Å². The van der Waals surface area contributed by atoms with E-state index in [-0.39, 0.29) is 10.5 Å². The molecule has 0 fully saturated rings. The molecular weight excluding hydrogens is 506 g/mol. The average molecular weight is 520 g/mol. The third kappa shape index (κ3) is 5.72. The molecule has 0 aliphatic heterocycles. The molecule has 0 radical (unpaired) electrons. The van der Waals surface area contributed by atoms with Gasteiger partial charge in [0.2, 0.25) is 0 Å². The van der Waals surface area contributed by atoms with Crippen LogP contribution in [0.4, 0.5) is 37.7 Å². The molecule has 0 bridgehead atoms. The van der Waals surface area contributed by atoms with Crippen LogP contribution in [0.15, 0.2) is 72.3 Å². The molecule has 3 aromatic carbocycles. The SMILES string of the molecule is N#CC(=Cc1ccc(O)cc1C(=O)N(c1ccccc1C(F)(F)F)c1ccccc1C(F)(F)F)C(=O)O. The molecule has 0 atom stereocenters. The number of nitrogens with zero attached hydrogens (tertiary/aromatic N) is 2. The third-order valence-corrected chi connectivity index (χ3v) is 5.02. The number of phenolic OH excluding ortho intramolecular Hbond substituents is 1. The number of aromatic hydroxyl groups is 1. The van der Waals surface area contributed by atoms with E-state index in [0.717, 1.165) is 54.6 Å². The quantitative estimate of drug-likeness (QED) is 0.230. The zero-order valence-electron chi connectivity index (χ0n) is 18.3. The number of nitriles is 1. The normalized spacial score (nSPS) is 12.1. The highest BCUT2D eigenvalue weighted by Crippen LogP contribution is 2.44. The Morgan fingerprint density at radius 3 is 1.76 bits per heavy atom. The number of anilines is 2. The number of hydrogen-bond donors (Lipinski definition) is 2. The van der Waals surface area contributed by atoms with Gasteiger partial charge in [-0.3, -0.25) is 9.69 Å². The van der Waals surface area contributed by atoms with Gasteiger partial charge in [0.15, 0.2) is 0 Å². The van der Waals surface area contributed by atoms with Crippen LogP contribution in [0.5, 0.6) is 5.75 Å².